The summed E-state index contributed by atoms with van der Waals surface area (Å²) in [4.78, 5) is 15.9. The van der Waals surface area contributed by atoms with E-state index in [1.54, 1.807) is 0 Å². The van der Waals surface area contributed by atoms with Crippen molar-refractivity contribution in [3.05, 3.63) is 57.8 Å². The van der Waals surface area contributed by atoms with Crippen molar-refractivity contribution in [2.45, 2.75) is 32.1 Å². The van der Waals surface area contributed by atoms with Crippen LogP contribution in [0.3, 0.4) is 0 Å². The molecule has 1 saturated heterocycles. The number of hydrogen-bond donors (Lipinski definition) is 0. The predicted molar refractivity (Wildman–Crippen MR) is 87.8 cm³/mol. The molecule has 3 rings (SSSR count). The molecule has 2 nitrogen and oxygen atoms in total. The smallest absolute Gasteiger partial charge is 0.226 e. The SMILES string of the molecule is Cc1cccc(CC(=O)N2CCC(c3cccs3)CC2)c1. The van der Waals surface area contributed by atoms with Gasteiger partial charge >= 0.3 is 0 Å². The fraction of sp³-hybridized carbons (Fsp3) is 0.389. The number of rotatable bonds is 3. The zero-order valence-electron chi connectivity index (χ0n) is 12.4. The standard InChI is InChI=1S/C18H21NOS/c1-14-4-2-5-15(12-14)13-18(20)19-9-7-16(8-10-19)17-6-3-11-21-17/h2-6,11-12,16H,7-10,13H2,1H3. The van der Waals surface area contributed by atoms with Crippen molar-refractivity contribution < 1.29 is 4.79 Å². The van der Waals surface area contributed by atoms with Crippen LogP contribution >= 0.6 is 11.3 Å². The molecule has 0 spiro atoms. The van der Waals surface area contributed by atoms with Crippen molar-refractivity contribution in [3.63, 3.8) is 0 Å². The zero-order chi connectivity index (χ0) is 14.7. The minimum atomic E-state index is 0.269. The molecule has 0 N–H and O–H groups in total. The van der Waals surface area contributed by atoms with Crippen LogP contribution in [-0.4, -0.2) is 23.9 Å². The fourth-order valence-corrected chi connectivity index (χ4v) is 3.95. The van der Waals surface area contributed by atoms with E-state index < -0.39 is 0 Å². The minimum absolute atomic E-state index is 0.269. The van der Waals surface area contributed by atoms with E-state index in [4.69, 9.17) is 0 Å². The summed E-state index contributed by atoms with van der Waals surface area (Å²) >= 11 is 1.84. The molecule has 0 bridgehead atoms. The Kier molecular flexibility index (Phi) is 4.39. The van der Waals surface area contributed by atoms with Crippen LogP contribution in [0.1, 0.15) is 34.8 Å². The Morgan fingerprint density at radius 3 is 2.71 bits per heavy atom. The maximum Gasteiger partial charge on any atom is 0.226 e. The molecular formula is C18H21NOS. The summed E-state index contributed by atoms with van der Waals surface area (Å²) in [6.45, 7) is 3.86. The number of carbonyl (C=O) groups excluding carboxylic acids is 1. The van der Waals surface area contributed by atoms with Gasteiger partial charge in [0.25, 0.3) is 0 Å². The molecule has 0 radical (unpaired) electrons. The second kappa shape index (κ2) is 6.44. The van der Waals surface area contributed by atoms with Gasteiger partial charge < -0.3 is 4.90 Å². The molecule has 2 heterocycles. The van der Waals surface area contributed by atoms with Gasteiger partial charge in [0, 0.05) is 18.0 Å². The number of piperidine rings is 1. The van der Waals surface area contributed by atoms with Gasteiger partial charge in [-0.2, -0.15) is 0 Å². The van der Waals surface area contributed by atoms with E-state index in [9.17, 15) is 4.79 Å². The van der Waals surface area contributed by atoms with Gasteiger partial charge in [0.15, 0.2) is 0 Å². The lowest BCUT2D eigenvalue weighted by Crippen LogP contribution is -2.38. The van der Waals surface area contributed by atoms with Crippen LogP contribution in [0.25, 0.3) is 0 Å². The van der Waals surface area contributed by atoms with Gasteiger partial charge in [-0.1, -0.05) is 35.9 Å². The number of aryl methyl sites for hydroxylation is 1. The summed E-state index contributed by atoms with van der Waals surface area (Å²) in [5.41, 5.74) is 2.34. The quantitative estimate of drug-likeness (QED) is 0.838. The maximum absolute atomic E-state index is 12.4. The molecule has 1 amide bonds. The van der Waals surface area contributed by atoms with Gasteiger partial charge in [-0.15, -0.1) is 11.3 Å². The topological polar surface area (TPSA) is 20.3 Å². The largest absolute Gasteiger partial charge is 0.342 e. The highest BCUT2D eigenvalue weighted by molar-refractivity contribution is 7.10. The Morgan fingerprint density at radius 1 is 1.24 bits per heavy atom. The van der Waals surface area contributed by atoms with Crippen LogP contribution in [0, 0.1) is 6.92 Å². The molecule has 0 unspecified atom stereocenters. The number of amides is 1. The molecule has 0 saturated carbocycles. The number of carbonyl (C=O) groups is 1. The van der Waals surface area contributed by atoms with E-state index in [1.807, 2.05) is 28.4 Å². The molecule has 0 aliphatic carbocycles. The first-order chi connectivity index (χ1) is 10.2. The highest BCUT2D eigenvalue weighted by atomic mass is 32.1. The highest BCUT2D eigenvalue weighted by Crippen LogP contribution is 2.31. The monoisotopic (exact) mass is 299 g/mol. The molecule has 1 aromatic heterocycles. The van der Waals surface area contributed by atoms with E-state index in [0.717, 1.165) is 31.5 Å². The van der Waals surface area contributed by atoms with E-state index in [-0.39, 0.29) is 5.91 Å². The number of nitrogens with zero attached hydrogens (tertiary/aromatic N) is 1. The third-order valence-corrected chi connectivity index (χ3v) is 5.27. The lowest BCUT2D eigenvalue weighted by atomic mass is 9.95. The number of thiophene rings is 1. The second-order valence-electron chi connectivity index (χ2n) is 5.84. The molecule has 21 heavy (non-hydrogen) atoms. The second-order valence-corrected chi connectivity index (χ2v) is 6.82. The number of benzene rings is 1. The first-order valence-electron chi connectivity index (χ1n) is 7.59. The van der Waals surface area contributed by atoms with Crippen molar-refractivity contribution in [3.8, 4) is 0 Å². The van der Waals surface area contributed by atoms with E-state index in [1.165, 1.54) is 10.4 Å². The Hall–Kier alpha value is -1.61. The third-order valence-electron chi connectivity index (χ3n) is 4.23. The molecule has 1 fully saturated rings. The minimum Gasteiger partial charge on any atom is -0.342 e. The third kappa shape index (κ3) is 3.53. The van der Waals surface area contributed by atoms with Gasteiger partial charge in [-0.3, -0.25) is 4.79 Å². The Balaban J connectivity index is 1.55. The Morgan fingerprint density at radius 2 is 2.05 bits per heavy atom. The lowest BCUT2D eigenvalue weighted by Gasteiger charge is -2.31. The highest BCUT2D eigenvalue weighted by Gasteiger charge is 2.24. The summed E-state index contributed by atoms with van der Waals surface area (Å²) in [6, 6.07) is 12.6. The van der Waals surface area contributed by atoms with Gasteiger partial charge in [-0.25, -0.2) is 0 Å². The fourth-order valence-electron chi connectivity index (χ4n) is 3.05. The van der Waals surface area contributed by atoms with Crippen LogP contribution in [-0.2, 0) is 11.2 Å². The molecule has 3 heteroatoms. The summed E-state index contributed by atoms with van der Waals surface area (Å²) in [7, 11) is 0. The molecule has 1 aliphatic rings. The van der Waals surface area contributed by atoms with E-state index in [0.29, 0.717) is 12.3 Å². The van der Waals surface area contributed by atoms with Crippen LogP contribution in [0.2, 0.25) is 0 Å². The van der Waals surface area contributed by atoms with Crippen LogP contribution in [0.15, 0.2) is 41.8 Å². The van der Waals surface area contributed by atoms with Crippen molar-refractivity contribution in [2.75, 3.05) is 13.1 Å². The normalized spacial score (nSPS) is 16.1. The van der Waals surface area contributed by atoms with Crippen molar-refractivity contribution >= 4 is 17.2 Å². The lowest BCUT2D eigenvalue weighted by molar-refractivity contribution is -0.131. The van der Waals surface area contributed by atoms with Gasteiger partial charge in [0.05, 0.1) is 6.42 Å². The molecule has 1 aliphatic heterocycles. The van der Waals surface area contributed by atoms with Crippen LogP contribution in [0.5, 0.6) is 0 Å². The van der Waals surface area contributed by atoms with Crippen molar-refractivity contribution in [1.29, 1.82) is 0 Å². The summed E-state index contributed by atoms with van der Waals surface area (Å²) in [6.07, 6.45) is 2.73. The average molecular weight is 299 g/mol. The van der Waals surface area contributed by atoms with Crippen LogP contribution < -0.4 is 0 Å². The first-order valence-corrected chi connectivity index (χ1v) is 8.47. The molecule has 110 valence electrons. The average Bonchev–Trinajstić information content (AvgIpc) is 3.01. The van der Waals surface area contributed by atoms with Gasteiger partial charge in [-0.05, 0) is 42.7 Å². The Bertz CT molecular complexity index is 597. The maximum atomic E-state index is 12.4. The molecule has 0 atom stereocenters. The molecule has 1 aromatic carbocycles. The zero-order valence-corrected chi connectivity index (χ0v) is 13.2. The van der Waals surface area contributed by atoms with Crippen LogP contribution in [0.4, 0.5) is 0 Å². The number of likely N-dealkylation sites (tertiary alicyclic amines) is 1. The first kappa shape index (κ1) is 14.3. The summed E-state index contributed by atoms with van der Waals surface area (Å²) in [5.74, 6) is 0.915. The van der Waals surface area contributed by atoms with Gasteiger partial charge in [0.2, 0.25) is 5.91 Å². The van der Waals surface area contributed by atoms with Crippen molar-refractivity contribution in [2.24, 2.45) is 0 Å². The predicted octanol–water partition coefficient (Wildman–Crippen LogP) is 4.01. The molecule has 2 aromatic rings. The van der Waals surface area contributed by atoms with E-state index in [2.05, 4.69) is 36.6 Å². The molecular weight excluding hydrogens is 278 g/mol. The van der Waals surface area contributed by atoms with Gasteiger partial charge in [0.1, 0.15) is 0 Å². The summed E-state index contributed by atoms with van der Waals surface area (Å²) < 4.78 is 0. The Labute approximate surface area is 130 Å². The van der Waals surface area contributed by atoms with E-state index >= 15 is 0 Å². The number of hydrogen-bond acceptors (Lipinski definition) is 2. The summed E-state index contributed by atoms with van der Waals surface area (Å²) in [5, 5.41) is 2.14. The van der Waals surface area contributed by atoms with Crippen molar-refractivity contribution in [1.82, 2.24) is 4.90 Å².